The molecular weight excluding hydrogens is 534 g/mol. The molecule has 1 aliphatic carbocycles. The first kappa shape index (κ1) is 27.3. The van der Waals surface area contributed by atoms with Crippen LogP contribution in [0.2, 0.25) is 0 Å². The number of alkyl halides is 4. The molecule has 4 aromatic rings. The van der Waals surface area contributed by atoms with E-state index in [1.165, 1.54) is 6.20 Å². The lowest BCUT2D eigenvalue weighted by Crippen LogP contribution is -2.19. The fraction of sp³-hybridized carbons (Fsp3) is 0.241. The number of rotatable bonds is 10. The summed E-state index contributed by atoms with van der Waals surface area (Å²) in [6, 6.07) is 8.99. The van der Waals surface area contributed by atoms with Crippen molar-refractivity contribution in [3.8, 4) is 11.1 Å². The first-order valence-corrected chi connectivity index (χ1v) is 12.4. The molecule has 0 bridgehead atoms. The van der Waals surface area contributed by atoms with Gasteiger partial charge in [0.15, 0.2) is 5.78 Å². The molecule has 40 heavy (non-hydrogen) atoms. The normalized spacial score (nSPS) is 13.3. The van der Waals surface area contributed by atoms with Crippen molar-refractivity contribution in [2.24, 2.45) is 0 Å². The van der Waals surface area contributed by atoms with Crippen LogP contribution in [0.15, 0.2) is 60.9 Å². The number of Topliss-reactive ketones (excluding diaryl/α,β-unsaturated/α-hetero) is 1. The molecule has 0 unspecified atom stereocenters. The number of halogens is 6. The van der Waals surface area contributed by atoms with Crippen LogP contribution in [-0.2, 0) is 24.2 Å². The number of allylic oxidation sites excluding steroid dienone is 1. The number of aromatic nitrogens is 4. The van der Waals surface area contributed by atoms with Gasteiger partial charge in [-0.2, -0.15) is 5.10 Å². The van der Waals surface area contributed by atoms with Gasteiger partial charge in [0.2, 0.25) is 0 Å². The number of benzene rings is 1. The highest BCUT2D eigenvalue weighted by atomic mass is 19.3. The number of carbonyl (C=O) groups is 1. The molecule has 1 aliphatic rings. The minimum Gasteiger partial charge on any atom is -0.298 e. The van der Waals surface area contributed by atoms with Gasteiger partial charge in [0.25, 0.3) is 12.9 Å². The number of pyridine rings is 2. The second-order valence-corrected chi connectivity index (χ2v) is 9.48. The number of hydrogen-bond acceptors (Lipinski definition) is 4. The molecule has 0 saturated carbocycles. The van der Waals surface area contributed by atoms with Gasteiger partial charge in [0, 0.05) is 48.3 Å². The summed E-state index contributed by atoms with van der Waals surface area (Å²) in [5, 5.41) is 3.49. The van der Waals surface area contributed by atoms with Crippen molar-refractivity contribution in [2.75, 3.05) is 0 Å². The maximum absolute atomic E-state index is 14.0. The summed E-state index contributed by atoms with van der Waals surface area (Å²) in [5.74, 6) is -2.93. The molecule has 0 aliphatic heterocycles. The Balaban J connectivity index is 1.50. The van der Waals surface area contributed by atoms with E-state index in [0.717, 1.165) is 29.5 Å². The summed E-state index contributed by atoms with van der Waals surface area (Å²) >= 11 is 0. The third-order valence-corrected chi connectivity index (χ3v) is 6.63. The maximum atomic E-state index is 14.0. The lowest BCUT2D eigenvalue weighted by Gasteiger charge is -2.20. The number of nitrogens with zero attached hydrogens (tertiary/aromatic N) is 4. The molecular formula is C29H22F6N4O. The summed E-state index contributed by atoms with van der Waals surface area (Å²) in [5.41, 5.74) is 2.23. The summed E-state index contributed by atoms with van der Waals surface area (Å²) in [4.78, 5) is 22.2. The minimum absolute atomic E-state index is 0.00813. The van der Waals surface area contributed by atoms with Crippen molar-refractivity contribution >= 4 is 11.9 Å². The lowest BCUT2D eigenvalue weighted by atomic mass is 9.87. The van der Waals surface area contributed by atoms with Crippen LogP contribution in [0.5, 0.6) is 0 Å². The van der Waals surface area contributed by atoms with Gasteiger partial charge in [-0.3, -0.25) is 19.4 Å². The van der Waals surface area contributed by atoms with Crippen molar-refractivity contribution in [3.63, 3.8) is 0 Å². The van der Waals surface area contributed by atoms with Crippen molar-refractivity contribution in [3.05, 3.63) is 106 Å². The van der Waals surface area contributed by atoms with E-state index in [1.807, 2.05) is 18.2 Å². The van der Waals surface area contributed by atoms with E-state index in [9.17, 15) is 31.1 Å². The Morgan fingerprint density at radius 1 is 0.975 bits per heavy atom. The van der Waals surface area contributed by atoms with Gasteiger partial charge in [-0.15, -0.1) is 0 Å². The first-order valence-electron chi connectivity index (χ1n) is 12.4. The van der Waals surface area contributed by atoms with Gasteiger partial charge < -0.3 is 0 Å². The van der Waals surface area contributed by atoms with Crippen LogP contribution in [0.3, 0.4) is 0 Å². The fourth-order valence-electron chi connectivity index (χ4n) is 4.90. The molecule has 206 valence electrons. The number of ketones is 1. The van der Waals surface area contributed by atoms with E-state index < -0.39 is 54.1 Å². The number of fused-ring (bicyclic) bond motifs is 1. The third-order valence-electron chi connectivity index (χ3n) is 6.63. The zero-order valence-electron chi connectivity index (χ0n) is 20.9. The Bertz CT molecular complexity index is 1560. The predicted octanol–water partition coefficient (Wildman–Crippen LogP) is 7.05. The van der Waals surface area contributed by atoms with Crippen molar-refractivity contribution in [1.82, 2.24) is 19.7 Å². The van der Waals surface area contributed by atoms with E-state index >= 15 is 0 Å². The predicted molar refractivity (Wildman–Crippen MR) is 135 cm³/mol. The molecule has 0 N–H and O–H groups in total. The molecule has 1 aromatic carbocycles. The summed E-state index contributed by atoms with van der Waals surface area (Å²) in [7, 11) is 0. The van der Waals surface area contributed by atoms with Crippen molar-refractivity contribution in [1.29, 1.82) is 0 Å². The van der Waals surface area contributed by atoms with Gasteiger partial charge in [-0.05, 0) is 47.9 Å². The molecule has 0 spiro atoms. The molecule has 0 amide bonds. The fourth-order valence-corrected chi connectivity index (χ4v) is 4.90. The molecule has 5 rings (SSSR count). The Kier molecular flexibility index (Phi) is 7.81. The summed E-state index contributed by atoms with van der Waals surface area (Å²) in [6.45, 7) is -0.687. The monoisotopic (exact) mass is 556 g/mol. The SMILES string of the molecule is O=C(C[C@@H](Cc1cc(F)cc(F)c1)c1ncccc1-c1cnc2c(c1)C=CC2)Cn1nc(C(F)F)cc1C(F)F. The molecule has 5 nitrogen and oxygen atoms in total. The molecule has 0 fully saturated rings. The molecule has 11 heteroatoms. The maximum Gasteiger partial charge on any atom is 0.282 e. The van der Waals surface area contributed by atoms with Crippen LogP contribution in [0, 0.1) is 11.6 Å². The van der Waals surface area contributed by atoms with Crippen molar-refractivity contribution in [2.45, 2.75) is 44.6 Å². The number of hydrogen-bond donors (Lipinski definition) is 0. The van der Waals surface area contributed by atoms with Crippen molar-refractivity contribution < 1.29 is 31.1 Å². The van der Waals surface area contributed by atoms with Crippen LogP contribution in [0.4, 0.5) is 26.3 Å². The third kappa shape index (κ3) is 5.98. The molecule has 3 heterocycles. The number of carbonyl (C=O) groups excluding carboxylic acids is 1. The molecule has 0 saturated heterocycles. The zero-order chi connectivity index (χ0) is 28.4. The molecule has 3 aromatic heterocycles. The average molecular weight is 557 g/mol. The van der Waals surface area contributed by atoms with Crippen LogP contribution < -0.4 is 0 Å². The van der Waals surface area contributed by atoms with Gasteiger partial charge in [0.05, 0.1) is 11.4 Å². The van der Waals surface area contributed by atoms with Crippen LogP contribution in [-0.4, -0.2) is 25.5 Å². The second-order valence-electron chi connectivity index (χ2n) is 9.48. The van der Waals surface area contributed by atoms with E-state index in [1.54, 1.807) is 18.3 Å². The highest BCUT2D eigenvalue weighted by molar-refractivity contribution is 5.80. The van der Waals surface area contributed by atoms with Gasteiger partial charge in [0.1, 0.15) is 29.6 Å². The van der Waals surface area contributed by atoms with Gasteiger partial charge in [-0.1, -0.05) is 18.2 Å². The smallest absolute Gasteiger partial charge is 0.282 e. The Labute approximate surface area is 225 Å². The molecule has 0 radical (unpaired) electrons. The highest BCUT2D eigenvalue weighted by Crippen LogP contribution is 2.34. The van der Waals surface area contributed by atoms with Crippen LogP contribution in [0.1, 0.15) is 59.1 Å². The van der Waals surface area contributed by atoms with Gasteiger partial charge in [-0.25, -0.2) is 26.3 Å². The molecule has 1 atom stereocenters. The van der Waals surface area contributed by atoms with Gasteiger partial charge >= 0.3 is 0 Å². The van der Waals surface area contributed by atoms with E-state index in [-0.39, 0.29) is 18.4 Å². The standard InChI is InChI=1S/C29H22F6N4O/c30-20-8-16(9-21(31)12-20)7-18(11-22(40)15-39-26(29(34)35)13-25(38-39)28(32)33)27-23(4-2-6-36-27)19-10-17-3-1-5-24(17)37-14-19/h1-4,6,8-10,12-14,18,28-29H,5,7,11,15H2/t18-/m1/s1. The second kappa shape index (κ2) is 11.4. The largest absolute Gasteiger partial charge is 0.298 e. The highest BCUT2D eigenvalue weighted by Gasteiger charge is 2.26. The lowest BCUT2D eigenvalue weighted by molar-refractivity contribution is -0.120. The minimum atomic E-state index is -3.12. The first-order chi connectivity index (χ1) is 19.2. The Hall–Kier alpha value is -4.28. The Morgan fingerprint density at radius 3 is 2.48 bits per heavy atom. The van der Waals surface area contributed by atoms with Crippen LogP contribution in [0.25, 0.3) is 17.2 Å². The average Bonchev–Trinajstić information content (AvgIpc) is 3.54. The van der Waals surface area contributed by atoms with Crippen LogP contribution >= 0.6 is 0 Å². The van der Waals surface area contributed by atoms with E-state index in [4.69, 9.17) is 0 Å². The van der Waals surface area contributed by atoms with E-state index in [2.05, 4.69) is 15.1 Å². The Morgan fingerprint density at radius 2 is 1.75 bits per heavy atom. The summed E-state index contributed by atoms with van der Waals surface area (Å²) in [6.07, 6.45) is 1.32. The zero-order valence-corrected chi connectivity index (χ0v) is 20.9. The quantitative estimate of drug-likeness (QED) is 0.197. The summed E-state index contributed by atoms with van der Waals surface area (Å²) < 4.78 is 81.7. The topological polar surface area (TPSA) is 60.7 Å². The van der Waals surface area contributed by atoms with E-state index in [0.29, 0.717) is 34.0 Å².